The third-order valence-corrected chi connectivity index (χ3v) is 4.76. The Morgan fingerprint density at radius 2 is 1.36 bits per heavy atom. The van der Waals surface area contributed by atoms with Gasteiger partial charge in [0.05, 0.1) is 24.3 Å². The summed E-state index contributed by atoms with van der Waals surface area (Å²) >= 11 is 0. The van der Waals surface area contributed by atoms with Crippen molar-refractivity contribution in [1.29, 1.82) is 0 Å². The molecule has 1 atom stereocenters. The van der Waals surface area contributed by atoms with Crippen LogP contribution < -0.4 is 0 Å². The molecule has 0 aliphatic rings. The Labute approximate surface area is 169 Å². The van der Waals surface area contributed by atoms with Gasteiger partial charge in [-0.2, -0.15) is 0 Å². The van der Waals surface area contributed by atoms with E-state index in [1.165, 1.54) is 19.3 Å². The van der Waals surface area contributed by atoms with E-state index in [4.69, 9.17) is 14.2 Å². The van der Waals surface area contributed by atoms with Crippen LogP contribution in [-0.2, 0) is 14.2 Å². The van der Waals surface area contributed by atoms with Crippen LogP contribution in [0.5, 0.6) is 0 Å². The third-order valence-electron chi connectivity index (χ3n) is 4.76. The van der Waals surface area contributed by atoms with E-state index in [0.29, 0.717) is 25.7 Å². The molecular weight excluding hydrogens is 356 g/mol. The Balaban J connectivity index is 2.43. The molecule has 1 unspecified atom stereocenters. The molecule has 0 aliphatic carbocycles. The van der Waals surface area contributed by atoms with Gasteiger partial charge in [-0.05, 0) is 37.3 Å². The van der Waals surface area contributed by atoms with Gasteiger partial charge in [-0.15, -0.1) is 0 Å². The van der Waals surface area contributed by atoms with Crippen LogP contribution in [0.1, 0.15) is 85.9 Å². The van der Waals surface area contributed by atoms with Crippen molar-refractivity contribution in [1.82, 2.24) is 0 Å². The van der Waals surface area contributed by atoms with E-state index in [2.05, 4.69) is 13.8 Å². The maximum Gasteiger partial charge on any atom is 0.339 e. The van der Waals surface area contributed by atoms with Crippen LogP contribution in [0.3, 0.4) is 0 Å². The van der Waals surface area contributed by atoms with Crippen molar-refractivity contribution in [2.24, 2.45) is 5.92 Å². The van der Waals surface area contributed by atoms with Crippen LogP contribution in [0.15, 0.2) is 24.3 Å². The number of hydrogen-bond acceptors (Lipinski definition) is 5. The highest BCUT2D eigenvalue weighted by Gasteiger charge is 2.19. The number of esters is 2. The lowest BCUT2D eigenvalue weighted by Crippen LogP contribution is -2.15. The van der Waals surface area contributed by atoms with Crippen LogP contribution in [-0.4, -0.2) is 38.9 Å². The summed E-state index contributed by atoms with van der Waals surface area (Å²) in [6.45, 7) is 5.69. The van der Waals surface area contributed by atoms with Gasteiger partial charge in [0.1, 0.15) is 0 Å². The summed E-state index contributed by atoms with van der Waals surface area (Å²) in [6, 6.07) is 6.67. The lowest BCUT2D eigenvalue weighted by atomic mass is 10.1. The monoisotopic (exact) mass is 392 g/mol. The van der Waals surface area contributed by atoms with Gasteiger partial charge in [-0.25, -0.2) is 9.59 Å². The Hall–Kier alpha value is -1.88. The number of hydrogen-bond donors (Lipinski definition) is 0. The summed E-state index contributed by atoms with van der Waals surface area (Å²) < 4.78 is 15.8. The second-order valence-corrected chi connectivity index (χ2v) is 7.26. The molecule has 0 saturated heterocycles. The molecule has 1 aromatic rings. The van der Waals surface area contributed by atoms with E-state index < -0.39 is 11.9 Å². The van der Waals surface area contributed by atoms with Crippen molar-refractivity contribution < 1.29 is 23.8 Å². The molecule has 0 heterocycles. The second kappa shape index (κ2) is 15.1. The molecule has 1 rings (SSSR count). The number of ether oxygens (including phenoxy) is 3. The van der Waals surface area contributed by atoms with E-state index in [9.17, 15) is 9.59 Å². The average molecular weight is 393 g/mol. The molecule has 0 aliphatic heterocycles. The molecular formula is C23H36O5. The van der Waals surface area contributed by atoms with Crippen LogP contribution in [0.25, 0.3) is 0 Å². The third kappa shape index (κ3) is 9.88. The quantitative estimate of drug-likeness (QED) is 0.294. The van der Waals surface area contributed by atoms with E-state index in [1.807, 2.05) is 0 Å². The number of carbonyl (C=O) groups excluding carboxylic acids is 2. The highest BCUT2D eigenvalue weighted by atomic mass is 16.5. The molecule has 0 N–H and O–H groups in total. The standard InChI is InChI=1S/C23H36O5/c1-4-5-6-7-8-11-16-27-22(24)20-12-9-10-13-21(20)23(25)28-18-15-19(2)14-17-26-3/h9-10,12-13,19H,4-8,11,14-18H2,1-3H3. The van der Waals surface area contributed by atoms with Gasteiger partial charge in [-0.3, -0.25) is 0 Å². The van der Waals surface area contributed by atoms with Gasteiger partial charge in [-0.1, -0.05) is 58.1 Å². The number of methoxy groups -OCH3 is 1. The van der Waals surface area contributed by atoms with E-state index >= 15 is 0 Å². The van der Waals surface area contributed by atoms with Crippen LogP contribution in [0, 0.1) is 5.92 Å². The first-order chi connectivity index (χ1) is 13.6. The van der Waals surface area contributed by atoms with Gasteiger partial charge < -0.3 is 14.2 Å². The molecule has 0 radical (unpaired) electrons. The van der Waals surface area contributed by atoms with Gasteiger partial charge in [0, 0.05) is 13.7 Å². The van der Waals surface area contributed by atoms with E-state index in [-0.39, 0.29) is 11.1 Å². The van der Waals surface area contributed by atoms with Crippen molar-refractivity contribution in [2.75, 3.05) is 26.9 Å². The number of unbranched alkanes of at least 4 members (excludes halogenated alkanes) is 5. The number of rotatable bonds is 15. The average Bonchev–Trinajstić information content (AvgIpc) is 2.71. The Morgan fingerprint density at radius 3 is 1.96 bits per heavy atom. The molecule has 0 aromatic heterocycles. The zero-order chi connectivity index (χ0) is 20.6. The summed E-state index contributed by atoms with van der Waals surface area (Å²) in [4.78, 5) is 24.7. The molecule has 5 heteroatoms. The molecule has 5 nitrogen and oxygen atoms in total. The summed E-state index contributed by atoms with van der Waals surface area (Å²) in [5, 5.41) is 0. The second-order valence-electron chi connectivity index (χ2n) is 7.26. The Kier molecular flexibility index (Phi) is 13.0. The lowest BCUT2D eigenvalue weighted by molar-refractivity contribution is 0.0440. The van der Waals surface area contributed by atoms with Gasteiger partial charge in [0.2, 0.25) is 0 Å². The molecule has 0 saturated carbocycles. The first-order valence-corrected chi connectivity index (χ1v) is 10.5. The Bertz CT molecular complexity index is 570. The van der Waals surface area contributed by atoms with Gasteiger partial charge in [0.15, 0.2) is 0 Å². The number of carbonyl (C=O) groups is 2. The summed E-state index contributed by atoms with van der Waals surface area (Å²) in [5.41, 5.74) is 0.533. The molecule has 158 valence electrons. The predicted octanol–water partition coefficient (Wildman–Crippen LogP) is 5.42. The van der Waals surface area contributed by atoms with Crippen molar-refractivity contribution in [3.8, 4) is 0 Å². The van der Waals surface area contributed by atoms with Crippen LogP contribution in [0.4, 0.5) is 0 Å². The highest BCUT2D eigenvalue weighted by Crippen LogP contribution is 2.14. The van der Waals surface area contributed by atoms with Crippen molar-refractivity contribution >= 4 is 11.9 Å². The fourth-order valence-electron chi connectivity index (χ4n) is 2.86. The molecule has 0 spiro atoms. The zero-order valence-corrected chi connectivity index (χ0v) is 17.7. The molecule has 0 bridgehead atoms. The summed E-state index contributed by atoms with van der Waals surface area (Å²) in [5.74, 6) is -0.536. The van der Waals surface area contributed by atoms with Gasteiger partial charge >= 0.3 is 11.9 Å². The van der Waals surface area contributed by atoms with Crippen molar-refractivity contribution in [3.05, 3.63) is 35.4 Å². The SMILES string of the molecule is CCCCCCCCOC(=O)c1ccccc1C(=O)OCCC(C)CCOC. The van der Waals surface area contributed by atoms with Crippen molar-refractivity contribution in [3.63, 3.8) is 0 Å². The maximum atomic E-state index is 12.4. The fourth-order valence-corrected chi connectivity index (χ4v) is 2.86. The topological polar surface area (TPSA) is 61.8 Å². The molecule has 0 amide bonds. The summed E-state index contributed by atoms with van der Waals surface area (Å²) in [7, 11) is 1.68. The minimum absolute atomic E-state index is 0.264. The molecule has 28 heavy (non-hydrogen) atoms. The lowest BCUT2D eigenvalue weighted by Gasteiger charge is -2.12. The molecule has 0 fully saturated rings. The van der Waals surface area contributed by atoms with Crippen LogP contribution >= 0.6 is 0 Å². The van der Waals surface area contributed by atoms with Crippen LogP contribution in [0.2, 0.25) is 0 Å². The minimum atomic E-state index is -0.481. The highest BCUT2D eigenvalue weighted by molar-refractivity contribution is 6.03. The van der Waals surface area contributed by atoms with Gasteiger partial charge in [0.25, 0.3) is 0 Å². The number of benzene rings is 1. The predicted molar refractivity (Wildman–Crippen MR) is 111 cm³/mol. The van der Waals surface area contributed by atoms with E-state index in [1.54, 1.807) is 31.4 Å². The Morgan fingerprint density at radius 1 is 0.821 bits per heavy atom. The first-order valence-electron chi connectivity index (χ1n) is 10.5. The molecule has 1 aromatic carbocycles. The summed E-state index contributed by atoms with van der Waals surface area (Å²) in [6.07, 6.45) is 8.45. The minimum Gasteiger partial charge on any atom is -0.462 e. The maximum absolute atomic E-state index is 12.4. The fraction of sp³-hybridized carbons (Fsp3) is 0.652. The normalized spacial score (nSPS) is 11.8. The largest absolute Gasteiger partial charge is 0.462 e. The van der Waals surface area contributed by atoms with E-state index in [0.717, 1.165) is 32.1 Å². The van der Waals surface area contributed by atoms with Crippen molar-refractivity contribution in [2.45, 2.75) is 65.2 Å². The smallest absolute Gasteiger partial charge is 0.339 e. The first kappa shape index (κ1) is 24.2. The zero-order valence-electron chi connectivity index (χ0n) is 17.7.